The summed E-state index contributed by atoms with van der Waals surface area (Å²) in [6, 6.07) is 13.5. The third kappa shape index (κ3) is 5.80. The predicted octanol–water partition coefficient (Wildman–Crippen LogP) is 2.77. The molecule has 0 aromatic heterocycles. The second kappa shape index (κ2) is 9.56. The molecule has 2 aromatic carbocycles. The van der Waals surface area contributed by atoms with Gasteiger partial charge in [-0.3, -0.25) is 9.69 Å². The van der Waals surface area contributed by atoms with Gasteiger partial charge in [0.15, 0.2) is 0 Å². The number of aromatic hydroxyl groups is 1. The molecular weight excluding hydrogens is 380 g/mol. The van der Waals surface area contributed by atoms with Crippen molar-refractivity contribution >= 4 is 11.6 Å². The molecule has 0 aliphatic carbocycles. The van der Waals surface area contributed by atoms with Crippen LogP contribution in [0.15, 0.2) is 48.5 Å². The summed E-state index contributed by atoms with van der Waals surface area (Å²) in [6.45, 7) is 0.793. The Bertz CT molecular complexity index is 809. The molecule has 1 fully saturated rings. The number of carbonyl (C=O) groups is 1. The molecule has 8 heteroatoms. The number of amides is 1. The lowest BCUT2D eigenvalue weighted by Crippen LogP contribution is -2.49. The van der Waals surface area contributed by atoms with Crippen LogP contribution >= 0.6 is 0 Å². The summed E-state index contributed by atoms with van der Waals surface area (Å²) in [5.74, 6) is 0.357. The molecule has 1 amide bonds. The van der Waals surface area contributed by atoms with Crippen molar-refractivity contribution in [3.63, 3.8) is 0 Å². The number of anilines is 1. The number of hydrogen-bond acceptors (Lipinski definition) is 5. The molecule has 1 aliphatic rings. The van der Waals surface area contributed by atoms with E-state index in [0.717, 1.165) is 37.4 Å². The molecule has 0 atom stereocenters. The van der Waals surface area contributed by atoms with Crippen molar-refractivity contribution in [3.05, 3.63) is 54.1 Å². The van der Waals surface area contributed by atoms with E-state index >= 15 is 0 Å². The molecule has 0 bridgehead atoms. The number of para-hydroxylation sites is 2. The fourth-order valence-electron chi connectivity index (χ4n) is 3.33. The van der Waals surface area contributed by atoms with E-state index in [1.54, 1.807) is 36.2 Å². The summed E-state index contributed by atoms with van der Waals surface area (Å²) in [5, 5.41) is 9.99. The van der Waals surface area contributed by atoms with Crippen molar-refractivity contribution in [2.75, 3.05) is 44.7 Å². The van der Waals surface area contributed by atoms with Crippen LogP contribution in [-0.2, 0) is 11.3 Å². The Kier molecular flexibility index (Phi) is 6.87. The maximum absolute atomic E-state index is 12.5. The van der Waals surface area contributed by atoms with E-state index in [1.165, 1.54) is 12.1 Å². The Morgan fingerprint density at radius 2 is 1.76 bits per heavy atom. The summed E-state index contributed by atoms with van der Waals surface area (Å²) in [6.07, 6.45) is 0. The van der Waals surface area contributed by atoms with E-state index in [9.17, 15) is 18.7 Å². The number of ether oxygens (including phenoxy) is 1. The lowest BCUT2D eigenvalue weighted by Gasteiger charge is -2.36. The van der Waals surface area contributed by atoms with Gasteiger partial charge in [-0.1, -0.05) is 24.3 Å². The molecule has 0 saturated carbocycles. The van der Waals surface area contributed by atoms with Crippen molar-refractivity contribution in [1.82, 2.24) is 9.80 Å². The molecule has 6 nitrogen and oxygen atoms in total. The van der Waals surface area contributed by atoms with Crippen LogP contribution in [0.3, 0.4) is 0 Å². The van der Waals surface area contributed by atoms with Crippen molar-refractivity contribution in [2.24, 2.45) is 0 Å². The van der Waals surface area contributed by atoms with E-state index in [0.29, 0.717) is 13.1 Å². The predicted molar refractivity (Wildman–Crippen MR) is 106 cm³/mol. The lowest BCUT2D eigenvalue weighted by molar-refractivity contribution is -0.131. The number of phenols is 1. The van der Waals surface area contributed by atoms with Gasteiger partial charge in [-0.2, -0.15) is 8.78 Å². The number of carbonyl (C=O) groups excluding carboxylic acids is 1. The minimum atomic E-state index is -2.85. The molecule has 1 N–H and O–H groups in total. The molecule has 1 heterocycles. The average Bonchev–Trinajstić information content (AvgIpc) is 2.70. The summed E-state index contributed by atoms with van der Waals surface area (Å²) in [4.78, 5) is 18.4. The van der Waals surface area contributed by atoms with Crippen molar-refractivity contribution in [1.29, 1.82) is 0 Å². The molecule has 29 heavy (non-hydrogen) atoms. The Hall–Kier alpha value is -2.87. The van der Waals surface area contributed by atoms with Crippen LogP contribution in [0.25, 0.3) is 0 Å². The molecule has 3 rings (SSSR count). The summed E-state index contributed by atoms with van der Waals surface area (Å²) >= 11 is 0. The quantitative estimate of drug-likeness (QED) is 0.768. The van der Waals surface area contributed by atoms with Crippen LogP contribution in [0.5, 0.6) is 11.5 Å². The first-order valence-electron chi connectivity index (χ1n) is 9.45. The van der Waals surface area contributed by atoms with Gasteiger partial charge in [0.05, 0.1) is 12.2 Å². The van der Waals surface area contributed by atoms with Crippen LogP contribution in [0.1, 0.15) is 5.56 Å². The molecule has 2 aromatic rings. The topological polar surface area (TPSA) is 56.2 Å². The number of alkyl halides is 2. The van der Waals surface area contributed by atoms with Gasteiger partial charge >= 0.3 is 6.61 Å². The van der Waals surface area contributed by atoms with Crippen LogP contribution in [0.2, 0.25) is 0 Å². The third-order valence-electron chi connectivity index (χ3n) is 4.95. The van der Waals surface area contributed by atoms with Crippen molar-refractivity contribution < 1.29 is 23.4 Å². The second-order valence-corrected chi connectivity index (χ2v) is 7.02. The van der Waals surface area contributed by atoms with Gasteiger partial charge in [0.1, 0.15) is 11.5 Å². The molecule has 1 aliphatic heterocycles. The Morgan fingerprint density at radius 3 is 2.38 bits per heavy atom. The maximum Gasteiger partial charge on any atom is 0.387 e. The van der Waals surface area contributed by atoms with Gasteiger partial charge in [-0.25, -0.2) is 0 Å². The number of phenolic OH excluding ortho intramolecular Hbond substituents is 1. The van der Waals surface area contributed by atoms with Gasteiger partial charge in [0, 0.05) is 39.8 Å². The summed E-state index contributed by atoms with van der Waals surface area (Å²) < 4.78 is 28.7. The third-order valence-corrected chi connectivity index (χ3v) is 4.95. The number of piperazine rings is 1. The zero-order valence-corrected chi connectivity index (χ0v) is 16.3. The number of hydrogen-bond donors (Lipinski definition) is 1. The SMILES string of the molecule is CN(Cc1ccc(OC(F)F)cc1)C(=O)CN1CCN(c2ccccc2O)CC1. The Morgan fingerprint density at radius 1 is 1.10 bits per heavy atom. The number of likely N-dealkylation sites (N-methyl/N-ethyl adjacent to an activating group) is 1. The number of nitrogens with zero attached hydrogens (tertiary/aromatic N) is 3. The summed E-state index contributed by atoms with van der Waals surface area (Å²) in [7, 11) is 1.73. The van der Waals surface area contributed by atoms with Crippen LogP contribution in [0.4, 0.5) is 14.5 Å². The average molecular weight is 405 g/mol. The standard InChI is InChI=1S/C21H25F2N3O3/c1-24(14-16-6-8-17(9-7-16)29-21(22)23)20(28)15-25-10-12-26(13-11-25)18-4-2-3-5-19(18)27/h2-9,21,27H,10-15H2,1H3. The van der Waals surface area contributed by atoms with Crippen LogP contribution < -0.4 is 9.64 Å². The van der Waals surface area contributed by atoms with E-state index in [4.69, 9.17) is 0 Å². The van der Waals surface area contributed by atoms with Crippen molar-refractivity contribution in [2.45, 2.75) is 13.2 Å². The Balaban J connectivity index is 1.46. The van der Waals surface area contributed by atoms with Gasteiger partial charge in [0.25, 0.3) is 0 Å². The van der Waals surface area contributed by atoms with E-state index in [1.807, 2.05) is 12.1 Å². The number of halogens is 2. The van der Waals surface area contributed by atoms with E-state index in [2.05, 4.69) is 14.5 Å². The first-order valence-corrected chi connectivity index (χ1v) is 9.45. The van der Waals surface area contributed by atoms with Crippen LogP contribution in [0, 0.1) is 0 Å². The van der Waals surface area contributed by atoms with E-state index < -0.39 is 6.61 Å². The summed E-state index contributed by atoms with van der Waals surface area (Å²) in [5.41, 5.74) is 1.65. The zero-order chi connectivity index (χ0) is 20.8. The molecule has 0 radical (unpaired) electrons. The zero-order valence-electron chi connectivity index (χ0n) is 16.3. The molecule has 0 spiro atoms. The van der Waals surface area contributed by atoms with Gasteiger partial charge in [-0.15, -0.1) is 0 Å². The molecule has 0 unspecified atom stereocenters. The highest BCUT2D eigenvalue weighted by Crippen LogP contribution is 2.27. The fraction of sp³-hybridized carbons (Fsp3) is 0.381. The number of rotatable bonds is 7. The fourth-order valence-corrected chi connectivity index (χ4v) is 3.33. The molecular formula is C21H25F2N3O3. The largest absolute Gasteiger partial charge is 0.506 e. The molecule has 1 saturated heterocycles. The Labute approximate surface area is 168 Å². The monoisotopic (exact) mass is 405 g/mol. The number of benzene rings is 2. The minimum Gasteiger partial charge on any atom is -0.506 e. The minimum absolute atomic E-state index is 0.00563. The molecule has 156 valence electrons. The normalized spacial score (nSPS) is 14.8. The van der Waals surface area contributed by atoms with Gasteiger partial charge in [-0.05, 0) is 29.8 Å². The van der Waals surface area contributed by atoms with E-state index in [-0.39, 0.29) is 17.4 Å². The highest BCUT2D eigenvalue weighted by molar-refractivity contribution is 5.78. The second-order valence-electron chi connectivity index (χ2n) is 7.02. The maximum atomic E-state index is 12.5. The lowest BCUT2D eigenvalue weighted by atomic mass is 10.2. The smallest absolute Gasteiger partial charge is 0.387 e. The van der Waals surface area contributed by atoms with Crippen molar-refractivity contribution in [3.8, 4) is 11.5 Å². The van der Waals surface area contributed by atoms with Gasteiger partial charge in [0.2, 0.25) is 5.91 Å². The first kappa shape index (κ1) is 20.9. The highest BCUT2D eigenvalue weighted by Gasteiger charge is 2.22. The highest BCUT2D eigenvalue weighted by atomic mass is 19.3. The van der Waals surface area contributed by atoms with Crippen LogP contribution in [-0.4, -0.2) is 67.2 Å². The first-order chi connectivity index (χ1) is 13.9. The van der Waals surface area contributed by atoms with Gasteiger partial charge < -0.3 is 19.6 Å².